The minimum atomic E-state index is -0.677. The molecule has 3 aromatic carbocycles. The molecule has 3 rings (SSSR count). The van der Waals surface area contributed by atoms with Gasteiger partial charge in [-0.05, 0) is 89.0 Å². The number of phenolic OH excluding ortho intramolecular Hbond substituents is 3. The molecule has 0 amide bonds. The van der Waals surface area contributed by atoms with E-state index in [0.29, 0.717) is 17.2 Å². The molecule has 0 aromatic heterocycles. The van der Waals surface area contributed by atoms with E-state index in [1.54, 1.807) is 0 Å². The van der Waals surface area contributed by atoms with Gasteiger partial charge >= 0.3 is 0 Å². The highest BCUT2D eigenvalue weighted by atomic mass is 16.3. The topological polar surface area (TPSA) is 60.7 Å². The van der Waals surface area contributed by atoms with Gasteiger partial charge in [0.05, 0.1) is 0 Å². The van der Waals surface area contributed by atoms with Gasteiger partial charge in [-0.15, -0.1) is 0 Å². The van der Waals surface area contributed by atoms with Crippen LogP contribution in [0.25, 0.3) is 0 Å². The molecule has 3 heteroatoms. The van der Waals surface area contributed by atoms with Crippen molar-refractivity contribution in [2.45, 2.75) is 182 Å². The van der Waals surface area contributed by atoms with Gasteiger partial charge in [-0.3, -0.25) is 0 Å². The molecule has 49 heavy (non-hydrogen) atoms. The van der Waals surface area contributed by atoms with Gasteiger partial charge < -0.3 is 15.3 Å². The van der Waals surface area contributed by atoms with Gasteiger partial charge in [0.25, 0.3) is 0 Å². The molecule has 0 radical (unpaired) electrons. The largest absolute Gasteiger partial charge is 0.507 e. The fourth-order valence-electron chi connectivity index (χ4n) is 7.38. The maximum atomic E-state index is 11.9. The summed E-state index contributed by atoms with van der Waals surface area (Å²) in [4.78, 5) is 0. The van der Waals surface area contributed by atoms with E-state index < -0.39 is 5.41 Å². The zero-order chi connectivity index (χ0) is 38.1. The maximum Gasteiger partial charge on any atom is 0.123 e. The number of benzene rings is 3. The molecule has 0 heterocycles. The smallest absolute Gasteiger partial charge is 0.123 e. The quantitative estimate of drug-likeness (QED) is 0.237. The monoisotopic (exact) mass is 671 g/mol. The normalized spacial score (nSPS) is 14.0. The van der Waals surface area contributed by atoms with E-state index in [0.717, 1.165) is 62.9 Å². The van der Waals surface area contributed by atoms with Crippen LogP contribution in [0.2, 0.25) is 0 Å². The molecular weight excluding hydrogens is 601 g/mol. The molecule has 0 fully saturated rings. The Morgan fingerprint density at radius 2 is 0.510 bits per heavy atom. The van der Waals surface area contributed by atoms with E-state index in [-0.39, 0.29) is 32.5 Å². The predicted octanol–water partition coefficient (Wildman–Crippen LogP) is 12.7. The van der Waals surface area contributed by atoms with Crippen LogP contribution < -0.4 is 0 Å². The number of hydrogen-bond donors (Lipinski definition) is 3. The van der Waals surface area contributed by atoms with Crippen LogP contribution in [0.15, 0.2) is 36.4 Å². The van der Waals surface area contributed by atoms with Gasteiger partial charge in [0.2, 0.25) is 0 Å². The lowest BCUT2D eigenvalue weighted by Crippen LogP contribution is -2.33. The molecule has 0 saturated carbocycles. The summed E-state index contributed by atoms with van der Waals surface area (Å²) in [5.41, 5.74) is 6.33. The second-order valence-corrected chi connectivity index (χ2v) is 20.9. The van der Waals surface area contributed by atoms with Gasteiger partial charge in [-0.2, -0.15) is 0 Å². The molecule has 0 saturated heterocycles. The van der Waals surface area contributed by atoms with E-state index in [1.807, 2.05) is 0 Å². The third-order valence-corrected chi connectivity index (χ3v) is 10.3. The molecule has 3 aromatic rings. The Hall–Kier alpha value is -2.94. The lowest BCUT2D eigenvalue weighted by molar-refractivity contribution is 0.416. The molecule has 0 spiro atoms. The van der Waals surface area contributed by atoms with E-state index in [2.05, 4.69) is 168 Å². The Labute approximate surface area is 300 Å². The number of rotatable bonds is 5. The van der Waals surface area contributed by atoms with Crippen molar-refractivity contribution in [1.29, 1.82) is 0 Å². The molecule has 0 atom stereocenters. The van der Waals surface area contributed by atoms with Crippen LogP contribution in [0.4, 0.5) is 0 Å². The molecule has 0 aliphatic carbocycles. The zero-order valence-electron chi connectivity index (χ0n) is 34.7. The first-order valence-electron chi connectivity index (χ1n) is 18.4. The lowest BCUT2D eigenvalue weighted by Gasteiger charge is -2.42. The van der Waals surface area contributed by atoms with Crippen molar-refractivity contribution in [3.05, 3.63) is 86.5 Å². The average Bonchev–Trinajstić information content (AvgIpc) is 2.88. The van der Waals surface area contributed by atoms with Crippen molar-refractivity contribution in [2.75, 3.05) is 0 Å². The second kappa shape index (κ2) is 12.7. The predicted molar refractivity (Wildman–Crippen MR) is 211 cm³/mol. The standard InChI is InChI=1S/C46H70O3/c1-20-21-46(28-22-31(40(2,3)4)37(47)32(23-28)41(5,6)7,29-24-33(42(8,9)10)38(48)34(25-29)43(11,12)13)30-26-35(44(14,15)16)39(49)36(27-30)45(17,18)19/h22-27,47-49H,20-21H2,1-19H3. The Bertz CT molecular complexity index is 1380. The number of hydrogen-bond acceptors (Lipinski definition) is 3. The SMILES string of the molecule is CCCC(c1cc(C(C)(C)C)c(O)c(C(C)(C)C)c1)(c1cc(C(C)(C)C)c(O)c(C(C)(C)C)c1)c1cc(C(C)(C)C)c(O)c(C(C)(C)C)c1. The molecule has 0 aliphatic rings. The minimum Gasteiger partial charge on any atom is -0.507 e. The molecule has 272 valence electrons. The third-order valence-electron chi connectivity index (χ3n) is 10.3. The van der Waals surface area contributed by atoms with Crippen molar-refractivity contribution in [3.63, 3.8) is 0 Å². The summed E-state index contributed by atoms with van der Waals surface area (Å²) in [6.45, 7) is 41.3. The minimum absolute atomic E-state index is 0.317. The first-order valence-corrected chi connectivity index (χ1v) is 18.4. The van der Waals surface area contributed by atoms with Crippen molar-refractivity contribution >= 4 is 0 Å². The van der Waals surface area contributed by atoms with Crippen LogP contribution in [0, 0.1) is 0 Å². The first kappa shape index (κ1) is 40.5. The van der Waals surface area contributed by atoms with Crippen LogP contribution in [-0.4, -0.2) is 15.3 Å². The molecule has 0 aliphatic heterocycles. The lowest BCUT2D eigenvalue weighted by atomic mass is 9.62. The Kier molecular flexibility index (Phi) is 10.5. The molecule has 3 N–H and O–H groups in total. The second-order valence-electron chi connectivity index (χ2n) is 20.9. The van der Waals surface area contributed by atoms with Crippen LogP contribution in [0.5, 0.6) is 17.2 Å². The maximum absolute atomic E-state index is 11.9. The summed E-state index contributed by atoms with van der Waals surface area (Å²) in [5, 5.41) is 35.8. The van der Waals surface area contributed by atoms with Crippen LogP contribution in [-0.2, 0) is 37.9 Å². The summed E-state index contributed by atoms with van der Waals surface area (Å²) in [6, 6.07) is 13.5. The summed E-state index contributed by atoms with van der Waals surface area (Å²) in [6.07, 6.45) is 1.69. The molecule has 0 bridgehead atoms. The average molecular weight is 671 g/mol. The number of phenols is 3. The third kappa shape index (κ3) is 7.87. The first-order chi connectivity index (χ1) is 21.8. The summed E-state index contributed by atoms with van der Waals surface area (Å²) in [5.74, 6) is 1.09. The molecular formula is C46H70O3. The highest BCUT2D eigenvalue weighted by molar-refractivity contribution is 5.63. The summed E-state index contributed by atoms with van der Waals surface area (Å²) < 4.78 is 0. The van der Waals surface area contributed by atoms with Crippen LogP contribution >= 0.6 is 0 Å². The number of aromatic hydroxyl groups is 3. The summed E-state index contributed by atoms with van der Waals surface area (Å²) >= 11 is 0. The Morgan fingerprint density at radius 1 is 0.347 bits per heavy atom. The van der Waals surface area contributed by atoms with E-state index in [1.165, 1.54) is 0 Å². The molecule has 3 nitrogen and oxygen atoms in total. The Balaban J connectivity index is 2.89. The van der Waals surface area contributed by atoms with Gasteiger partial charge in [-0.1, -0.05) is 174 Å². The van der Waals surface area contributed by atoms with Gasteiger partial charge in [0, 0.05) is 5.41 Å². The van der Waals surface area contributed by atoms with Crippen LogP contribution in [0.3, 0.4) is 0 Å². The van der Waals surface area contributed by atoms with Crippen LogP contribution in [0.1, 0.15) is 194 Å². The fourth-order valence-corrected chi connectivity index (χ4v) is 7.38. The van der Waals surface area contributed by atoms with E-state index in [9.17, 15) is 15.3 Å². The van der Waals surface area contributed by atoms with Crippen molar-refractivity contribution in [3.8, 4) is 17.2 Å². The fraction of sp³-hybridized carbons (Fsp3) is 0.609. The van der Waals surface area contributed by atoms with Gasteiger partial charge in [0.1, 0.15) is 17.2 Å². The van der Waals surface area contributed by atoms with E-state index in [4.69, 9.17) is 0 Å². The van der Waals surface area contributed by atoms with Crippen molar-refractivity contribution in [1.82, 2.24) is 0 Å². The highest BCUT2D eigenvalue weighted by Crippen LogP contribution is 2.53. The summed E-state index contributed by atoms with van der Waals surface area (Å²) in [7, 11) is 0. The molecule has 0 unspecified atom stereocenters. The van der Waals surface area contributed by atoms with Gasteiger partial charge in [0.15, 0.2) is 0 Å². The van der Waals surface area contributed by atoms with E-state index >= 15 is 0 Å². The van der Waals surface area contributed by atoms with Crippen molar-refractivity contribution < 1.29 is 15.3 Å². The van der Waals surface area contributed by atoms with Crippen molar-refractivity contribution in [2.24, 2.45) is 0 Å². The van der Waals surface area contributed by atoms with Gasteiger partial charge in [-0.25, -0.2) is 0 Å². The Morgan fingerprint density at radius 3 is 0.633 bits per heavy atom. The zero-order valence-corrected chi connectivity index (χ0v) is 34.7. The highest BCUT2D eigenvalue weighted by Gasteiger charge is 2.43.